The van der Waals surface area contributed by atoms with Crippen LogP contribution in [0, 0.1) is 5.41 Å². The molecule has 0 saturated heterocycles. The van der Waals surface area contributed by atoms with Crippen molar-refractivity contribution in [3.05, 3.63) is 36.4 Å². The van der Waals surface area contributed by atoms with E-state index >= 15 is 0 Å². The second-order valence-electron chi connectivity index (χ2n) is 4.77. The lowest BCUT2D eigenvalue weighted by Crippen LogP contribution is -2.40. The number of rotatable bonds is 7. The van der Waals surface area contributed by atoms with E-state index in [-0.39, 0.29) is 13.2 Å². The molecule has 22 heavy (non-hydrogen) atoms. The lowest BCUT2D eigenvalue weighted by Gasteiger charge is -2.27. The first-order chi connectivity index (χ1) is 10.4. The summed E-state index contributed by atoms with van der Waals surface area (Å²) in [7, 11) is 1.56. The third-order valence-electron chi connectivity index (χ3n) is 3.41. The zero-order valence-electron chi connectivity index (χ0n) is 13.5. The maximum Gasteiger partial charge on any atom is 0.327 e. The average Bonchev–Trinajstić information content (AvgIpc) is 2.53. The van der Waals surface area contributed by atoms with Gasteiger partial charge < -0.3 is 14.2 Å². The van der Waals surface area contributed by atoms with Crippen LogP contribution in [-0.2, 0) is 19.1 Å². The van der Waals surface area contributed by atoms with Crippen LogP contribution in [0.15, 0.2) is 30.8 Å². The minimum atomic E-state index is -1.58. The second kappa shape index (κ2) is 7.64. The molecule has 0 unspecified atom stereocenters. The van der Waals surface area contributed by atoms with Crippen LogP contribution in [0.25, 0.3) is 5.57 Å². The summed E-state index contributed by atoms with van der Waals surface area (Å²) in [5.41, 5.74) is -0.614. The van der Waals surface area contributed by atoms with Gasteiger partial charge in [0.2, 0.25) is 0 Å². The maximum atomic E-state index is 12.3. The molecular formula is C17H22O5. The summed E-state index contributed by atoms with van der Waals surface area (Å²) in [6.45, 7) is 9.09. The molecule has 0 aromatic heterocycles. The minimum Gasteiger partial charge on any atom is -0.497 e. The van der Waals surface area contributed by atoms with Gasteiger partial charge in [0.1, 0.15) is 5.75 Å². The predicted octanol–water partition coefficient (Wildman–Crippen LogP) is 2.84. The number of hydrogen-bond acceptors (Lipinski definition) is 5. The van der Waals surface area contributed by atoms with Gasteiger partial charge in [0.15, 0.2) is 5.41 Å². The Hall–Kier alpha value is -2.30. The molecule has 0 heterocycles. The molecule has 0 atom stereocenters. The summed E-state index contributed by atoms with van der Waals surface area (Å²) in [6, 6.07) is 6.93. The highest BCUT2D eigenvalue weighted by Gasteiger charge is 2.47. The van der Waals surface area contributed by atoms with Gasteiger partial charge in [-0.25, -0.2) is 0 Å². The molecule has 0 amide bonds. The van der Waals surface area contributed by atoms with Crippen molar-refractivity contribution in [1.29, 1.82) is 0 Å². The molecule has 0 saturated carbocycles. The first kappa shape index (κ1) is 17.8. The minimum absolute atomic E-state index is 0.170. The number of hydrogen-bond donors (Lipinski definition) is 0. The first-order valence-electron chi connectivity index (χ1n) is 7.10. The van der Waals surface area contributed by atoms with Crippen LogP contribution in [0.2, 0.25) is 0 Å². The topological polar surface area (TPSA) is 61.8 Å². The van der Waals surface area contributed by atoms with Gasteiger partial charge in [-0.3, -0.25) is 9.59 Å². The van der Waals surface area contributed by atoms with E-state index in [4.69, 9.17) is 14.2 Å². The van der Waals surface area contributed by atoms with Crippen molar-refractivity contribution >= 4 is 17.5 Å². The van der Waals surface area contributed by atoms with Gasteiger partial charge in [-0.1, -0.05) is 18.7 Å². The van der Waals surface area contributed by atoms with Crippen LogP contribution >= 0.6 is 0 Å². The van der Waals surface area contributed by atoms with E-state index in [2.05, 4.69) is 6.58 Å². The van der Waals surface area contributed by atoms with Gasteiger partial charge in [-0.05, 0) is 44.0 Å². The molecule has 120 valence electrons. The van der Waals surface area contributed by atoms with Gasteiger partial charge in [0.05, 0.1) is 20.3 Å². The van der Waals surface area contributed by atoms with Gasteiger partial charge in [-0.2, -0.15) is 0 Å². The van der Waals surface area contributed by atoms with Crippen LogP contribution in [0.4, 0.5) is 0 Å². The van der Waals surface area contributed by atoms with E-state index in [9.17, 15) is 9.59 Å². The van der Waals surface area contributed by atoms with Crippen molar-refractivity contribution in [3.63, 3.8) is 0 Å². The first-order valence-corrected chi connectivity index (χ1v) is 7.10. The molecule has 0 aliphatic heterocycles. The third kappa shape index (κ3) is 3.47. The molecule has 1 aromatic carbocycles. The molecule has 1 aromatic rings. The summed E-state index contributed by atoms with van der Waals surface area (Å²) in [5, 5.41) is 0. The number of methoxy groups -OCH3 is 1. The SMILES string of the molecule is C=C(c1ccc(OC)cc1)C(C)(C(=O)OCC)C(=O)OCC. The quantitative estimate of drug-likeness (QED) is 0.572. The molecule has 0 spiro atoms. The van der Waals surface area contributed by atoms with E-state index in [0.717, 1.165) is 0 Å². The van der Waals surface area contributed by atoms with E-state index in [1.165, 1.54) is 6.92 Å². The lowest BCUT2D eigenvalue weighted by atomic mass is 9.79. The van der Waals surface area contributed by atoms with Gasteiger partial charge in [0, 0.05) is 0 Å². The summed E-state index contributed by atoms with van der Waals surface area (Å²) in [6.07, 6.45) is 0. The van der Waals surface area contributed by atoms with Crippen molar-refractivity contribution in [2.45, 2.75) is 20.8 Å². The predicted molar refractivity (Wildman–Crippen MR) is 83.4 cm³/mol. The summed E-state index contributed by atoms with van der Waals surface area (Å²) in [4.78, 5) is 24.6. The fourth-order valence-corrected chi connectivity index (χ4v) is 1.96. The molecule has 0 aliphatic rings. The summed E-state index contributed by atoms with van der Waals surface area (Å²) < 4.78 is 15.2. The standard InChI is InChI=1S/C17H22O5/c1-6-21-15(18)17(4,16(19)22-7-2)12(3)13-8-10-14(20-5)11-9-13/h8-11H,3,6-7H2,1-2,4-5H3. The Labute approximate surface area is 130 Å². The van der Waals surface area contributed by atoms with Crippen molar-refractivity contribution < 1.29 is 23.8 Å². The number of carbonyl (C=O) groups excluding carboxylic acids is 2. The van der Waals surface area contributed by atoms with Gasteiger partial charge in [0.25, 0.3) is 0 Å². The van der Waals surface area contributed by atoms with Crippen molar-refractivity contribution in [3.8, 4) is 5.75 Å². The van der Waals surface area contributed by atoms with Crippen LogP contribution in [0.1, 0.15) is 26.3 Å². The van der Waals surface area contributed by atoms with E-state index in [0.29, 0.717) is 16.9 Å². The Morgan fingerprint density at radius 3 is 1.86 bits per heavy atom. The number of ether oxygens (including phenoxy) is 3. The molecule has 0 bridgehead atoms. The van der Waals surface area contributed by atoms with E-state index in [1.54, 1.807) is 45.2 Å². The monoisotopic (exact) mass is 306 g/mol. The Balaban J connectivity index is 3.21. The maximum absolute atomic E-state index is 12.3. The fourth-order valence-electron chi connectivity index (χ4n) is 1.96. The third-order valence-corrected chi connectivity index (χ3v) is 3.41. The van der Waals surface area contributed by atoms with Crippen LogP contribution < -0.4 is 4.74 Å². The Morgan fingerprint density at radius 1 is 1.05 bits per heavy atom. The Morgan fingerprint density at radius 2 is 1.50 bits per heavy atom. The zero-order valence-corrected chi connectivity index (χ0v) is 13.5. The van der Waals surface area contributed by atoms with Crippen molar-refractivity contribution in [1.82, 2.24) is 0 Å². The molecule has 5 nitrogen and oxygen atoms in total. The van der Waals surface area contributed by atoms with Crippen molar-refractivity contribution in [2.75, 3.05) is 20.3 Å². The summed E-state index contributed by atoms with van der Waals surface area (Å²) >= 11 is 0. The summed E-state index contributed by atoms with van der Waals surface area (Å²) in [5.74, 6) is -0.672. The molecule has 0 fully saturated rings. The normalized spacial score (nSPS) is 10.7. The van der Waals surface area contributed by atoms with Gasteiger partial charge >= 0.3 is 11.9 Å². The molecule has 1 rings (SSSR count). The lowest BCUT2D eigenvalue weighted by molar-refractivity contribution is -0.165. The Bertz CT molecular complexity index is 527. The Kier molecular flexibility index (Phi) is 6.16. The number of carbonyl (C=O) groups is 2. The smallest absolute Gasteiger partial charge is 0.327 e. The molecule has 0 aliphatic carbocycles. The highest BCUT2D eigenvalue weighted by atomic mass is 16.6. The molecule has 0 radical (unpaired) electrons. The fraction of sp³-hybridized carbons (Fsp3) is 0.412. The second-order valence-corrected chi connectivity index (χ2v) is 4.77. The van der Waals surface area contributed by atoms with E-state index < -0.39 is 17.4 Å². The highest BCUT2D eigenvalue weighted by Crippen LogP contribution is 2.37. The largest absolute Gasteiger partial charge is 0.497 e. The number of benzene rings is 1. The zero-order chi connectivity index (χ0) is 16.8. The van der Waals surface area contributed by atoms with Gasteiger partial charge in [-0.15, -0.1) is 0 Å². The van der Waals surface area contributed by atoms with Crippen LogP contribution in [0.3, 0.4) is 0 Å². The molecular weight excluding hydrogens is 284 g/mol. The van der Waals surface area contributed by atoms with Crippen molar-refractivity contribution in [2.24, 2.45) is 5.41 Å². The van der Waals surface area contributed by atoms with Crippen LogP contribution in [-0.4, -0.2) is 32.3 Å². The average molecular weight is 306 g/mol. The van der Waals surface area contributed by atoms with E-state index in [1.807, 2.05) is 0 Å². The highest BCUT2D eigenvalue weighted by molar-refractivity contribution is 6.11. The molecule has 5 heteroatoms. The van der Waals surface area contributed by atoms with Crippen LogP contribution in [0.5, 0.6) is 5.75 Å². The molecule has 0 N–H and O–H groups in total. The number of esters is 2.